The second-order valence-electron chi connectivity index (χ2n) is 21.8. The number of piperazine rings is 1. The maximum Gasteiger partial charge on any atom is 0.276 e. The minimum atomic E-state index is -0.985. The molecule has 4 aromatic heterocycles. The summed E-state index contributed by atoms with van der Waals surface area (Å²) in [6.45, 7) is 11.9. The van der Waals surface area contributed by atoms with Crippen LogP contribution in [0.5, 0.6) is 0 Å². The molecule has 5 amide bonds. The van der Waals surface area contributed by atoms with Gasteiger partial charge in [-0.2, -0.15) is 0 Å². The van der Waals surface area contributed by atoms with Crippen LogP contribution in [-0.4, -0.2) is 121 Å². The maximum atomic E-state index is 14.0. The zero-order valence-corrected chi connectivity index (χ0v) is 41.1. The molecule has 0 radical (unpaired) electrons. The molecule has 1 saturated carbocycles. The molecule has 4 fully saturated rings. The molecule has 1 aromatic carbocycles. The summed E-state index contributed by atoms with van der Waals surface area (Å²) in [6, 6.07) is 14.7. The standard InChI is InChI=1S/C54H59N11O7/c1-31-28-61(44-26-54(44)12-15-60(16-13-54)34-5-7-37-38(23-34)50(70)65(49(37)69)41-8-10-46(67)58-48(41)68)17-18-62(31)35-6-9-45(56-27-35)57-40-21-33(29-59(4)51(40)71)36-11-14-55-47(39(36)30-66)64-20-19-63-42(52(64)72)22-32-24-53(2,3)25-43(32)63/h5-7,9,11,14,21-23,27,29,31,41,44,66H,8,10,12-13,15-20,24-26,28,30H2,1-4H3,(H,56,57)(H,58,67,68)/t31-,41?,44+/m0/s1. The van der Waals surface area contributed by atoms with Gasteiger partial charge in [-0.15, -0.1) is 0 Å². The molecule has 2 aliphatic carbocycles. The van der Waals surface area contributed by atoms with E-state index in [2.05, 4.69) is 55.7 Å². The summed E-state index contributed by atoms with van der Waals surface area (Å²) in [6.07, 6.45) is 10.5. The van der Waals surface area contributed by atoms with E-state index in [-0.39, 0.29) is 47.8 Å². The summed E-state index contributed by atoms with van der Waals surface area (Å²) in [5, 5.41) is 16.3. The number of aryl methyl sites for hydroxylation is 1. The Morgan fingerprint density at radius 1 is 0.833 bits per heavy atom. The van der Waals surface area contributed by atoms with Gasteiger partial charge in [0.05, 0.1) is 29.6 Å². The molecule has 72 heavy (non-hydrogen) atoms. The lowest BCUT2D eigenvalue weighted by atomic mass is 9.90. The van der Waals surface area contributed by atoms with Gasteiger partial charge >= 0.3 is 0 Å². The maximum absolute atomic E-state index is 14.0. The van der Waals surface area contributed by atoms with Crippen molar-refractivity contribution in [2.75, 3.05) is 59.3 Å². The molecule has 0 bridgehead atoms. The van der Waals surface area contributed by atoms with Crippen molar-refractivity contribution in [2.24, 2.45) is 17.9 Å². The highest BCUT2D eigenvalue weighted by Crippen LogP contribution is 2.57. The summed E-state index contributed by atoms with van der Waals surface area (Å²) < 4.78 is 3.67. The number of piperidine rings is 2. The summed E-state index contributed by atoms with van der Waals surface area (Å²) in [5.74, 6) is -1.18. The molecule has 12 rings (SSSR count). The minimum absolute atomic E-state index is 0.0840. The number of aromatic nitrogens is 4. The highest BCUT2D eigenvalue weighted by atomic mass is 16.3. The molecular formula is C54H59N11O7. The Morgan fingerprint density at radius 2 is 1.62 bits per heavy atom. The zero-order chi connectivity index (χ0) is 50.0. The average Bonchev–Trinajstić information content (AvgIpc) is 3.70. The molecule has 1 unspecified atom stereocenters. The predicted octanol–water partition coefficient (Wildman–Crippen LogP) is 4.64. The number of amides is 5. The van der Waals surface area contributed by atoms with Gasteiger partial charge in [0.2, 0.25) is 11.8 Å². The Hall–Kier alpha value is -7.18. The molecule has 1 spiro atoms. The van der Waals surface area contributed by atoms with Gasteiger partial charge in [0.1, 0.15) is 29.1 Å². The Morgan fingerprint density at radius 3 is 2.38 bits per heavy atom. The number of benzene rings is 1. The van der Waals surface area contributed by atoms with Gasteiger partial charge in [-0.3, -0.25) is 48.8 Å². The number of carbonyl (C=O) groups excluding carboxylic acids is 5. The van der Waals surface area contributed by atoms with Crippen LogP contribution in [0.2, 0.25) is 0 Å². The molecule has 5 aliphatic heterocycles. The third-order valence-electron chi connectivity index (χ3n) is 16.7. The highest BCUT2D eigenvalue weighted by molar-refractivity contribution is 6.23. The fourth-order valence-corrected chi connectivity index (χ4v) is 12.9. The van der Waals surface area contributed by atoms with Crippen molar-refractivity contribution in [3.63, 3.8) is 0 Å². The number of hydrogen-bond donors (Lipinski definition) is 3. The normalized spacial score (nSPS) is 23.4. The summed E-state index contributed by atoms with van der Waals surface area (Å²) >= 11 is 0. The van der Waals surface area contributed by atoms with Crippen molar-refractivity contribution in [3.05, 3.63) is 111 Å². The molecule has 9 heterocycles. The van der Waals surface area contributed by atoms with E-state index < -0.39 is 29.7 Å². The van der Waals surface area contributed by atoms with Gasteiger partial charge in [-0.05, 0) is 116 Å². The van der Waals surface area contributed by atoms with Crippen LogP contribution in [-0.2, 0) is 42.6 Å². The molecule has 3 saturated heterocycles. The van der Waals surface area contributed by atoms with Crippen molar-refractivity contribution >= 4 is 58.2 Å². The number of nitrogens with zero attached hydrogens (tertiary/aromatic N) is 9. The van der Waals surface area contributed by atoms with E-state index in [1.165, 1.54) is 15.8 Å². The van der Waals surface area contributed by atoms with E-state index in [0.29, 0.717) is 70.0 Å². The number of nitrogens with one attached hydrogen (secondary N) is 2. The lowest BCUT2D eigenvalue weighted by molar-refractivity contribution is -0.136. The number of pyridine rings is 3. The minimum Gasteiger partial charge on any atom is -0.392 e. The van der Waals surface area contributed by atoms with E-state index in [0.717, 1.165) is 81.1 Å². The van der Waals surface area contributed by atoms with Gasteiger partial charge < -0.3 is 29.4 Å². The van der Waals surface area contributed by atoms with Crippen molar-refractivity contribution < 1.29 is 29.1 Å². The second-order valence-corrected chi connectivity index (χ2v) is 21.8. The summed E-state index contributed by atoms with van der Waals surface area (Å²) in [5.41, 5.74) is 8.03. The van der Waals surface area contributed by atoms with Crippen LogP contribution in [0.4, 0.5) is 28.7 Å². The molecule has 5 aromatic rings. The van der Waals surface area contributed by atoms with Crippen LogP contribution < -0.4 is 30.9 Å². The number of carbonyl (C=O) groups is 5. The lowest BCUT2D eigenvalue weighted by Crippen LogP contribution is -2.54. The van der Waals surface area contributed by atoms with E-state index in [9.17, 15) is 33.9 Å². The van der Waals surface area contributed by atoms with Gasteiger partial charge in [-0.25, -0.2) is 9.97 Å². The topological polar surface area (TPSA) is 199 Å². The quantitative estimate of drug-likeness (QED) is 0.173. The summed E-state index contributed by atoms with van der Waals surface area (Å²) in [7, 11) is 1.69. The monoisotopic (exact) mass is 973 g/mol. The Labute approximate surface area is 416 Å². The fraction of sp³-hybridized carbons (Fsp3) is 0.444. The van der Waals surface area contributed by atoms with Crippen molar-refractivity contribution in [3.8, 4) is 11.1 Å². The smallest absolute Gasteiger partial charge is 0.276 e. The van der Waals surface area contributed by atoms with E-state index in [1.807, 2.05) is 36.5 Å². The van der Waals surface area contributed by atoms with Gasteiger partial charge in [-0.1, -0.05) is 13.8 Å². The van der Waals surface area contributed by atoms with Gasteiger partial charge in [0, 0.05) is 106 Å². The molecule has 3 N–H and O–H groups in total. The van der Waals surface area contributed by atoms with Crippen LogP contribution in [0.3, 0.4) is 0 Å². The number of rotatable bonds is 9. The van der Waals surface area contributed by atoms with Crippen LogP contribution in [0.25, 0.3) is 11.1 Å². The summed E-state index contributed by atoms with van der Waals surface area (Å²) in [4.78, 5) is 98.0. The van der Waals surface area contributed by atoms with Crippen molar-refractivity contribution in [1.82, 2.24) is 34.2 Å². The number of hydrogen-bond acceptors (Lipinski definition) is 13. The number of aliphatic hydroxyl groups is 1. The highest BCUT2D eigenvalue weighted by Gasteiger charge is 2.58. The first kappa shape index (κ1) is 45.9. The average molecular weight is 974 g/mol. The first-order chi connectivity index (χ1) is 34.6. The first-order valence-corrected chi connectivity index (χ1v) is 25.3. The SMILES string of the molecule is C[C@H]1CN([C@@H]2CC23CCN(c2ccc4c(c2)C(=O)N(C2CCC(=O)NC2=O)C4=O)CC3)CCN1c1ccc(Nc2cc(-c3ccnc(N4CCn5c(cc6c5CC(C)(C)C6)C4=O)c3CO)cn(C)c2=O)nc1. The third-order valence-corrected chi connectivity index (χ3v) is 16.7. The lowest BCUT2D eigenvalue weighted by Gasteiger charge is -2.43. The number of imide groups is 2. The zero-order valence-electron chi connectivity index (χ0n) is 41.1. The molecule has 18 nitrogen and oxygen atoms in total. The second kappa shape index (κ2) is 17.0. The Bertz CT molecular complexity index is 3190. The fourth-order valence-electron chi connectivity index (χ4n) is 12.9. The molecule has 7 aliphatic rings. The number of fused-ring (bicyclic) bond motifs is 4. The molecule has 3 atom stereocenters. The largest absolute Gasteiger partial charge is 0.392 e. The molecule has 18 heteroatoms. The molecular weight excluding hydrogens is 915 g/mol. The van der Waals surface area contributed by atoms with Crippen LogP contribution in [0.15, 0.2) is 71.9 Å². The predicted molar refractivity (Wildman–Crippen MR) is 269 cm³/mol. The van der Waals surface area contributed by atoms with Crippen LogP contribution in [0.1, 0.15) is 101 Å². The third kappa shape index (κ3) is 7.59. The van der Waals surface area contributed by atoms with Crippen LogP contribution in [0, 0.1) is 10.8 Å². The van der Waals surface area contributed by atoms with E-state index in [1.54, 1.807) is 42.5 Å². The van der Waals surface area contributed by atoms with E-state index in [4.69, 9.17) is 4.98 Å². The van der Waals surface area contributed by atoms with Crippen molar-refractivity contribution in [2.45, 2.75) is 97.0 Å². The van der Waals surface area contributed by atoms with Crippen LogP contribution >= 0.6 is 0 Å². The first-order valence-electron chi connectivity index (χ1n) is 25.3. The van der Waals surface area contributed by atoms with E-state index >= 15 is 0 Å². The Kier molecular flexibility index (Phi) is 10.8. The molecule has 372 valence electrons. The van der Waals surface area contributed by atoms with Crippen molar-refractivity contribution in [1.29, 1.82) is 0 Å². The number of aliphatic hydroxyl groups excluding tert-OH is 1. The number of anilines is 5. The van der Waals surface area contributed by atoms with Gasteiger partial charge in [0.25, 0.3) is 23.3 Å². The van der Waals surface area contributed by atoms with Gasteiger partial charge in [0.15, 0.2) is 0 Å². The Balaban J connectivity index is 0.672.